The molecule has 24 heavy (non-hydrogen) atoms. The summed E-state index contributed by atoms with van der Waals surface area (Å²) < 4.78 is 11.8. The molecule has 1 heterocycles. The van der Waals surface area contributed by atoms with Crippen LogP contribution in [-0.4, -0.2) is 36.6 Å². The Hall–Kier alpha value is -1.07. The Kier molecular flexibility index (Phi) is 6.17. The zero-order valence-electron chi connectivity index (χ0n) is 14.7. The summed E-state index contributed by atoms with van der Waals surface area (Å²) in [7, 11) is 0. The first-order chi connectivity index (χ1) is 11.7. The number of aliphatic hydroxyl groups excluding tert-OH is 1. The smallest absolute Gasteiger partial charge is 0.286 e. The van der Waals surface area contributed by atoms with Gasteiger partial charge in [0, 0.05) is 25.2 Å². The average molecular weight is 337 g/mol. The number of hydrogen-bond donors (Lipinski definition) is 2. The van der Waals surface area contributed by atoms with Gasteiger partial charge in [0.1, 0.15) is 0 Å². The predicted molar refractivity (Wildman–Crippen MR) is 91.0 cm³/mol. The molecule has 0 unspecified atom stereocenters. The van der Waals surface area contributed by atoms with E-state index >= 15 is 0 Å². The highest BCUT2D eigenvalue weighted by Gasteiger charge is 2.42. The van der Waals surface area contributed by atoms with Crippen LogP contribution in [0.2, 0.25) is 0 Å². The van der Waals surface area contributed by atoms with E-state index in [1.807, 2.05) is 6.92 Å². The SMILES string of the molecule is CCO[C@H]1OC(C(=O)NC2CCC2)=C[C@@H](C2CCC2)[C@H]1CCCO. The molecule has 1 amide bonds. The normalized spacial score (nSPS) is 30.8. The molecule has 0 radical (unpaired) electrons. The quantitative estimate of drug-likeness (QED) is 0.715. The van der Waals surface area contributed by atoms with E-state index in [1.165, 1.54) is 25.7 Å². The summed E-state index contributed by atoms with van der Waals surface area (Å²) in [5.41, 5.74) is 0. The summed E-state index contributed by atoms with van der Waals surface area (Å²) in [5.74, 6) is 1.51. The third-order valence-electron chi connectivity index (χ3n) is 5.82. The average Bonchev–Trinajstić information content (AvgIpc) is 2.48. The first-order valence-corrected chi connectivity index (χ1v) is 9.64. The van der Waals surface area contributed by atoms with Gasteiger partial charge in [-0.05, 0) is 69.8 Å². The molecule has 3 rings (SSSR count). The van der Waals surface area contributed by atoms with Crippen LogP contribution < -0.4 is 5.32 Å². The van der Waals surface area contributed by atoms with Gasteiger partial charge in [0.25, 0.3) is 5.91 Å². The highest BCUT2D eigenvalue weighted by Crippen LogP contribution is 2.44. The Morgan fingerprint density at radius 3 is 2.62 bits per heavy atom. The zero-order valence-corrected chi connectivity index (χ0v) is 14.7. The Morgan fingerprint density at radius 1 is 1.33 bits per heavy atom. The highest BCUT2D eigenvalue weighted by atomic mass is 16.7. The van der Waals surface area contributed by atoms with E-state index in [1.54, 1.807) is 0 Å². The summed E-state index contributed by atoms with van der Waals surface area (Å²) in [4.78, 5) is 12.5. The highest BCUT2D eigenvalue weighted by molar-refractivity contribution is 5.91. The van der Waals surface area contributed by atoms with E-state index in [-0.39, 0.29) is 24.7 Å². The number of hydrogen-bond acceptors (Lipinski definition) is 4. The number of amides is 1. The van der Waals surface area contributed by atoms with Crippen molar-refractivity contribution >= 4 is 5.91 Å². The molecule has 1 aliphatic heterocycles. The first-order valence-electron chi connectivity index (χ1n) is 9.64. The van der Waals surface area contributed by atoms with Gasteiger partial charge in [-0.15, -0.1) is 0 Å². The fourth-order valence-electron chi connectivity index (χ4n) is 3.96. The summed E-state index contributed by atoms with van der Waals surface area (Å²) in [6.07, 6.45) is 10.3. The van der Waals surface area contributed by atoms with E-state index in [2.05, 4.69) is 11.4 Å². The lowest BCUT2D eigenvalue weighted by Gasteiger charge is -2.43. The Morgan fingerprint density at radius 2 is 2.08 bits per heavy atom. The van der Waals surface area contributed by atoms with E-state index < -0.39 is 0 Å². The maximum Gasteiger partial charge on any atom is 0.286 e. The lowest BCUT2D eigenvalue weighted by atomic mass is 9.68. The van der Waals surface area contributed by atoms with Crippen LogP contribution in [0.1, 0.15) is 58.3 Å². The van der Waals surface area contributed by atoms with Crippen LogP contribution >= 0.6 is 0 Å². The molecule has 2 saturated carbocycles. The molecule has 5 heteroatoms. The second-order valence-electron chi connectivity index (χ2n) is 7.37. The maximum atomic E-state index is 12.5. The predicted octanol–water partition coefficient (Wildman–Crippen LogP) is 2.74. The van der Waals surface area contributed by atoms with Crippen molar-refractivity contribution in [2.24, 2.45) is 17.8 Å². The number of carbonyl (C=O) groups is 1. The maximum absolute atomic E-state index is 12.5. The zero-order chi connectivity index (χ0) is 16.9. The van der Waals surface area contributed by atoms with Gasteiger partial charge < -0.3 is 19.9 Å². The number of ether oxygens (including phenoxy) is 2. The Balaban J connectivity index is 1.74. The molecule has 136 valence electrons. The van der Waals surface area contributed by atoms with Crippen LogP contribution in [0.5, 0.6) is 0 Å². The van der Waals surface area contributed by atoms with Crippen LogP contribution in [0.4, 0.5) is 0 Å². The molecule has 2 aliphatic carbocycles. The molecule has 2 fully saturated rings. The minimum atomic E-state index is -0.376. The first kappa shape index (κ1) is 17.7. The van der Waals surface area contributed by atoms with Crippen LogP contribution in [0.25, 0.3) is 0 Å². The van der Waals surface area contributed by atoms with Gasteiger partial charge in [-0.3, -0.25) is 4.79 Å². The minimum Gasteiger partial charge on any atom is -0.459 e. The number of nitrogens with one attached hydrogen (secondary N) is 1. The molecule has 3 aliphatic rings. The minimum absolute atomic E-state index is 0.0886. The van der Waals surface area contributed by atoms with Crippen molar-refractivity contribution in [2.45, 2.75) is 70.6 Å². The van der Waals surface area contributed by atoms with Gasteiger partial charge in [0.15, 0.2) is 5.76 Å². The largest absolute Gasteiger partial charge is 0.459 e. The molecule has 5 nitrogen and oxygen atoms in total. The van der Waals surface area contributed by atoms with Gasteiger partial charge in [-0.25, -0.2) is 0 Å². The number of aliphatic hydroxyl groups is 1. The van der Waals surface area contributed by atoms with Gasteiger partial charge in [0.2, 0.25) is 6.29 Å². The van der Waals surface area contributed by atoms with E-state index in [9.17, 15) is 9.90 Å². The van der Waals surface area contributed by atoms with Gasteiger partial charge in [-0.1, -0.05) is 6.42 Å². The van der Waals surface area contributed by atoms with Crippen molar-refractivity contribution in [3.05, 3.63) is 11.8 Å². The second-order valence-corrected chi connectivity index (χ2v) is 7.37. The van der Waals surface area contributed by atoms with Crippen molar-refractivity contribution in [1.82, 2.24) is 5.32 Å². The molecule has 0 saturated heterocycles. The molecule has 3 atom stereocenters. The molecule has 2 N–H and O–H groups in total. The molecule has 0 spiro atoms. The molecule has 0 bridgehead atoms. The Labute approximate surface area is 144 Å². The molecule has 0 aromatic rings. The summed E-state index contributed by atoms with van der Waals surface area (Å²) >= 11 is 0. The van der Waals surface area contributed by atoms with E-state index in [0.717, 1.165) is 25.7 Å². The number of carbonyl (C=O) groups excluding carboxylic acids is 1. The lowest BCUT2D eigenvalue weighted by Crippen LogP contribution is -2.45. The fraction of sp³-hybridized carbons (Fsp3) is 0.842. The van der Waals surface area contributed by atoms with Gasteiger partial charge >= 0.3 is 0 Å². The van der Waals surface area contributed by atoms with Crippen LogP contribution in [0, 0.1) is 17.8 Å². The summed E-state index contributed by atoms with van der Waals surface area (Å²) in [5, 5.41) is 12.3. The van der Waals surface area contributed by atoms with Crippen molar-refractivity contribution in [2.75, 3.05) is 13.2 Å². The summed E-state index contributed by atoms with van der Waals surface area (Å²) in [6, 6.07) is 0.307. The summed E-state index contributed by atoms with van der Waals surface area (Å²) in [6.45, 7) is 2.71. The Bertz CT molecular complexity index is 456. The number of allylic oxidation sites excluding steroid dienone is 1. The van der Waals surface area contributed by atoms with Crippen molar-refractivity contribution in [1.29, 1.82) is 0 Å². The molecule has 0 aromatic carbocycles. The number of rotatable bonds is 8. The second kappa shape index (κ2) is 8.34. The monoisotopic (exact) mass is 337 g/mol. The van der Waals surface area contributed by atoms with Crippen LogP contribution in [0.15, 0.2) is 11.8 Å². The fourth-order valence-corrected chi connectivity index (χ4v) is 3.96. The third kappa shape index (κ3) is 3.94. The van der Waals surface area contributed by atoms with E-state index in [0.29, 0.717) is 30.2 Å². The molecule has 0 aromatic heterocycles. The van der Waals surface area contributed by atoms with Crippen molar-refractivity contribution in [3.63, 3.8) is 0 Å². The van der Waals surface area contributed by atoms with Crippen molar-refractivity contribution in [3.8, 4) is 0 Å². The standard InChI is InChI=1S/C19H31NO4/c1-2-23-19-15(10-5-11-21)16(13-6-3-7-13)12-17(24-19)18(22)20-14-8-4-9-14/h12-16,19,21H,2-11H2,1H3,(H,20,22)/t15-,16+,19+/m1/s1. The topological polar surface area (TPSA) is 67.8 Å². The van der Waals surface area contributed by atoms with Crippen LogP contribution in [0.3, 0.4) is 0 Å². The molecular weight excluding hydrogens is 306 g/mol. The van der Waals surface area contributed by atoms with E-state index in [4.69, 9.17) is 9.47 Å². The van der Waals surface area contributed by atoms with Crippen LogP contribution in [-0.2, 0) is 14.3 Å². The lowest BCUT2D eigenvalue weighted by molar-refractivity contribution is -0.178. The van der Waals surface area contributed by atoms with Gasteiger partial charge in [0.05, 0.1) is 0 Å². The molecular formula is C19H31NO4. The third-order valence-corrected chi connectivity index (χ3v) is 5.82. The van der Waals surface area contributed by atoms with Crippen molar-refractivity contribution < 1.29 is 19.4 Å². The van der Waals surface area contributed by atoms with Gasteiger partial charge in [-0.2, -0.15) is 0 Å².